The van der Waals surface area contributed by atoms with Crippen molar-refractivity contribution in [2.75, 3.05) is 4.90 Å². The molecule has 1 heteroatoms. The largest absolute Gasteiger partial charge is 0.311 e. The van der Waals surface area contributed by atoms with Crippen LogP contribution >= 0.6 is 0 Å². The predicted molar refractivity (Wildman–Crippen MR) is 226 cm³/mol. The maximum Gasteiger partial charge on any atom is 0.0462 e. The summed E-state index contributed by atoms with van der Waals surface area (Å²) in [5, 5.41) is 2.48. The van der Waals surface area contributed by atoms with E-state index in [0.29, 0.717) is 0 Å². The fourth-order valence-corrected chi connectivity index (χ4v) is 7.48. The Labute approximate surface area is 311 Å². The van der Waals surface area contributed by atoms with E-state index in [-0.39, 0.29) is 0 Å². The highest BCUT2D eigenvalue weighted by Gasteiger charge is 2.18. The lowest BCUT2D eigenvalue weighted by Crippen LogP contribution is -2.09. The predicted octanol–water partition coefficient (Wildman–Crippen LogP) is 14.6. The molecule has 1 nitrogen and oxygen atoms in total. The zero-order valence-corrected chi connectivity index (χ0v) is 29.3. The van der Waals surface area contributed by atoms with Gasteiger partial charge >= 0.3 is 0 Å². The molecule has 0 aliphatic heterocycles. The van der Waals surface area contributed by atoms with E-state index >= 15 is 0 Å². The molecule has 0 saturated carbocycles. The van der Waals surface area contributed by atoms with Crippen LogP contribution in [0, 0.1) is 0 Å². The summed E-state index contributed by atoms with van der Waals surface area (Å²) in [7, 11) is 0. The normalized spacial score (nSPS) is 11.0. The molecule has 0 aliphatic rings. The summed E-state index contributed by atoms with van der Waals surface area (Å²) in [4.78, 5) is 2.35. The Morgan fingerprint density at radius 1 is 0.226 bits per heavy atom. The quantitative estimate of drug-likeness (QED) is 0.155. The average molecular weight is 676 g/mol. The summed E-state index contributed by atoms with van der Waals surface area (Å²) in [6.45, 7) is 0. The first-order chi connectivity index (χ1) is 26.3. The Morgan fingerprint density at radius 3 is 1.13 bits per heavy atom. The van der Waals surface area contributed by atoms with E-state index in [1.165, 1.54) is 66.4 Å². The number of benzene rings is 9. The van der Waals surface area contributed by atoms with Gasteiger partial charge in [0.2, 0.25) is 0 Å². The first-order valence-electron chi connectivity index (χ1n) is 18.2. The third kappa shape index (κ3) is 6.42. The van der Waals surface area contributed by atoms with Gasteiger partial charge in [-0.05, 0) is 103 Å². The minimum Gasteiger partial charge on any atom is -0.311 e. The molecule has 0 saturated heterocycles. The summed E-state index contributed by atoms with van der Waals surface area (Å²) >= 11 is 0. The van der Waals surface area contributed by atoms with Gasteiger partial charge in [-0.2, -0.15) is 0 Å². The average Bonchev–Trinajstić information content (AvgIpc) is 3.25. The fourth-order valence-electron chi connectivity index (χ4n) is 7.48. The van der Waals surface area contributed by atoms with Gasteiger partial charge in [0.15, 0.2) is 0 Å². The molecule has 250 valence electrons. The molecule has 0 N–H and O–H groups in total. The van der Waals surface area contributed by atoms with Crippen LogP contribution in [0.1, 0.15) is 0 Å². The Bertz CT molecular complexity index is 2530. The first-order valence-corrected chi connectivity index (χ1v) is 18.2. The van der Waals surface area contributed by atoms with Crippen LogP contribution in [0.4, 0.5) is 17.1 Å². The third-order valence-electron chi connectivity index (χ3n) is 10.1. The molecular formula is C52H37N. The van der Waals surface area contributed by atoms with Gasteiger partial charge < -0.3 is 4.90 Å². The summed E-state index contributed by atoms with van der Waals surface area (Å²) in [6, 6.07) is 80.7. The van der Waals surface area contributed by atoms with Crippen molar-refractivity contribution in [3.63, 3.8) is 0 Å². The van der Waals surface area contributed by atoms with Gasteiger partial charge in [0.1, 0.15) is 0 Å². The number of anilines is 3. The highest BCUT2D eigenvalue weighted by atomic mass is 15.1. The maximum absolute atomic E-state index is 2.35. The second kappa shape index (κ2) is 14.3. The molecule has 0 unspecified atom stereocenters. The van der Waals surface area contributed by atoms with Crippen LogP contribution in [0.5, 0.6) is 0 Å². The molecule has 0 aliphatic carbocycles. The zero-order valence-electron chi connectivity index (χ0n) is 29.3. The Morgan fingerprint density at radius 2 is 0.604 bits per heavy atom. The topological polar surface area (TPSA) is 3.24 Å². The van der Waals surface area contributed by atoms with Crippen LogP contribution in [0.25, 0.3) is 66.4 Å². The van der Waals surface area contributed by atoms with Crippen LogP contribution < -0.4 is 4.90 Å². The molecule has 0 amide bonds. The zero-order chi connectivity index (χ0) is 35.4. The van der Waals surface area contributed by atoms with Crippen LogP contribution in [-0.2, 0) is 0 Å². The van der Waals surface area contributed by atoms with Crippen LogP contribution in [-0.4, -0.2) is 0 Å². The molecular weight excluding hydrogens is 639 g/mol. The molecule has 0 aromatic heterocycles. The Hall–Kier alpha value is -6.96. The van der Waals surface area contributed by atoms with Gasteiger partial charge in [0, 0.05) is 17.1 Å². The molecule has 0 spiro atoms. The van der Waals surface area contributed by atoms with E-state index in [9.17, 15) is 0 Å². The highest BCUT2D eigenvalue weighted by molar-refractivity contribution is 6.07. The lowest BCUT2D eigenvalue weighted by atomic mass is 9.86. The maximum atomic E-state index is 2.35. The van der Waals surface area contributed by atoms with Gasteiger partial charge in [0.25, 0.3) is 0 Å². The highest BCUT2D eigenvalue weighted by Crippen LogP contribution is 2.44. The van der Waals surface area contributed by atoms with E-state index in [1.54, 1.807) is 0 Å². The number of hydrogen-bond donors (Lipinski definition) is 0. The number of nitrogens with zero attached hydrogens (tertiary/aromatic N) is 1. The van der Waals surface area contributed by atoms with E-state index < -0.39 is 0 Å². The summed E-state index contributed by atoms with van der Waals surface area (Å²) in [5.41, 5.74) is 15.4. The third-order valence-corrected chi connectivity index (χ3v) is 10.1. The Balaban J connectivity index is 1.15. The summed E-state index contributed by atoms with van der Waals surface area (Å²) < 4.78 is 0. The van der Waals surface area contributed by atoms with Crippen molar-refractivity contribution >= 4 is 27.8 Å². The molecule has 53 heavy (non-hydrogen) atoms. The van der Waals surface area contributed by atoms with Gasteiger partial charge in [-0.3, -0.25) is 0 Å². The SMILES string of the molecule is c1ccc(-c2ccc(N(c3ccc(-c4ccccc4)cc3)c3ccc(-c4ccc5ccccc5c4-c4ccccc4-c4ccccc4)cc3)cc2)cc1. The van der Waals surface area contributed by atoms with Gasteiger partial charge in [-0.25, -0.2) is 0 Å². The van der Waals surface area contributed by atoms with Gasteiger partial charge in [-0.1, -0.05) is 188 Å². The van der Waals surface area contributed by atoms with E-state index in [2.05, 4.69) is 229 Å². The van der Waals surface area contributed by atoms with E-state index in [0.717, 1.165) is 17.1 Å². The van der Waals surface area contributed by atoms with Crippen molar-refractivity contribution in [1.29, 1.82) is 0 Å². The van der Waals surface area contributed by atoms with Crippen LogP contribution in [0.15, 0.2) is 224 Å². The number of fused-ring (bicyclic) bond motifs is 1. The first kappa shape index (κ1) is 32.0. The molecule has 0 atom stereocenters. The van der Waals surface area contributed by atoms with Crippen LogP contribution in [0.2, 0.25) is 0 Å². The molecule has 0 bridgehead atoms. The van der Waals surface area contributed by atoms with Crippen LogP contribution in [0.3, 0.4) is 0 Å². The van der Waals surface area contributed by atoms with Gasteiger partial charge in [0.05, 0.1) is 0 Å². The molecule has 9 aromatic rings. The number of hydrogen-bond acceptors (Lipinski definition) is 1. The van der Waals surface area contributed by atoms with E-state index in [1.807, 2.05) is 0 Å². The molecule has 0 fully saturated rings. The standard InChI is InChI=1S/C52H37N/c1-4-14-38(15-5-1)40-24-31-45(32-25-40)53(46-33-26-41(27-34-46)39-16-6-2-7-17-39)47-35-28-44(29-36-47)50-37-30-43-20-10-11-22-49(43)52(50)51-23-13-12-21-48(51)42-18-8-3-9-19-42/h1-37H. The number of rotatable bonds is 8. The van der Waals surface area contributed by atoms with Crippen molar-refractivity contribution in [1.82, 2.24) is 0 Å². The van der Waals surface area contributed by atoms with Crippen molar-refractivity contribution < 1.29 is 0 Å². The summed E-state index contributed by atoms with van der Waals surface area (Å²) in [5.74, 6) is 0. The van der Waals surface area contributed by atoms with E-state index in [4.69, 9.17) is 0 Å². The minimum absolute atomic E-state index is 1.10. The molecule has 0 radical (unpaired) electrons. The summed E-state index contributed by atoms with van der Waals surface area (Å²) in [6.07, 6.45) is 0. The molecule has 9 rings (SSSR count). The minimum atomic E-state index is 1.10. The van der Waals surface area contributed by atoms with Crippen molar-refractivity contribution in [2.24, 2.45) is 0 Å². The smallest absolute Gasteiger partial charge is 0.0462 e. The monoisotopic (exact) mass is 675 g/mol. The molecule has 0 heterocycles. The second-order valence-electron chi connectivity index (χ2n) is 13.3. The second-order valence-corrected chi connectivity index (χ2v) is 13.3. The van der Waals surface area contributed by atoms with Gasteiger partial charge in [-0.15, -0.1) is 0 Å². The van der Waals surface area contributed by atoms with Crippen molar-refractivity contribution in [3.05, 3.63) is 224 Å². The lowest BCUT2D eigenvalue weighted by Gasteiger charge is -2.26. The van der Waals surface area contributed by atoms with Crippen molar-refractivity contribution in [3.8, 4) is 55.6 Å². The fraction of sp³-hybridized carbons (Fsp3) is 0. The molecule has 9 aromatic carbocycles. The van der Waals surface area contributed by atoms with Crippen molar-refractivity contribution in [2.45, 2.75) is 0 Å². The Kier molecular flexibility index (Phi) is 8.66. The lowest BCUT2D eigenvalue weighted by molar-refractivity contribution is 1.28.